The Bertz CT molecular complexity index is 1020. The molecule has 0 radical (unpaired) electrons. The topological polar surface area (TPSA) is 62.5 Å². The Balaban J connectivity index is 1.21. The van der Waals surface area contributed by atoms with Gasteiger partial charge in [-0.1, -0.05) is 47.1 Å². The van der Waals surface area contributed by atoms with Crippen LogP contribution in [0, 0.1) is 12.7 Å². The number of carbonyl (C=O) groups excluding carboxylic acids is 1. The highest BCUT2D eigenvalue weighted by atomic mass is 32.2. The molecule has 4 rings (SSSR count). The maximum atomic E-state index is 13.7. The molecule has 0 unspecified atom stereocenters. The van der Waals surface area contributed by atoms with Crippen LogP contribution in [0.3, 0.4) is 0 Å². The predicted molar refractivity (Wildman–Crippen MR) is 118 cm³/mol. The molecule has 1 aliphatic rings. The molecule has 1 fully saturated rings. The summed E-state index contributed by atoms with van der Waals surface area (Å²) in [4.78, 5) is 21.7. The van der Waals surface area contributed by atoms with Gasteiger partial charge in [-0.05, 0) is 19.1 Å². The van der Waals surface area contributed by atoms with Gasteiger partial charge >= 0.3 is 0 Å². The fourth-order valence-electron chi connectivity index (χ4n) is 3.45. The standard InChI is InChI=1S/C23H25FN4O2S/c1-17-6-8-18(9-7-17)23-25-21(30-26-23)16-27-11-13-28(14-12-27)22(29)10-15-31-20-5-3-2-4-19(20)24/h2-9H,10-16H2,1H3. The number of nitrogens with zero attached hydrogens (tertiary/aromatic N) is 4. The third kappa shape index (κ3) is 5.71. The SMILES string of the molecule is Cc1ccc(-c2noc(CN3CCN(C(=O)CCSc4ccccc4F)CC3)n2)cc1. The van der Waals surface area contributed by atoms with E-state index in [1.807, 2.05) is 36.1 Å². The van der Waals surface area contributed by atoms with Crippen LogP contribution >= 0.6 is 11.8 Å². The van der Waals surface area contributed by atoms with Gasteiger partial charge in [-0.15, -0.1) is 11.8 Å². The number of hydrogen-bond acceptors (Lipinski definition) is 6. The number of amides is 1. The minimum absolute atomic E-state index is 0.114. The van der Waals surface area contributed by atoms with E-state index in [0.29, 0.717) is 48.4 Å². The lowest BCUT2D eigenvalue weighted by atomic mass is 10.1. The summed E-state index contributed by atoms with van der Waals surface area (Å²) in [6, 6.07) is 14.7. The van der Waals surface area contributed by atoms with Crippen LogP contribution in [0.4, 0.5) is 4.39 Å². The van der Waals surface area contributed by atoms with Crippen molar-refractivity contribution < 1.29 is 13.7 Å². The lowest BCUT2D eigenvalue weighted by Crippen LogP contribution is -2.48. The highest BCUT2D eigenvalue weighted by molar-refractivity contribution is 7.99. The minimum atomic E-state index is -0.236. The molecule has 1 aromatic heterocycles. The molecular weight excluding hydrogens is 415 g/mol. The number of benzene rings is 2. The van der Waals surface area contributed by atoms with Crippen molar-refractivity contribution >= 4 is 17.7 Å². The molecule has 31 heavy (non-hydrogen) atoms. The first-order valence-corrected chi connectivity index (χ1v) is 11.3. The average molecular weight is 441 g/mol. The first-order chi connectivity index (χ1) is 15.1. The van der Waals surface area contributed by atoms with E-state index >= 15 is 0 Å². The Labute approximate surface area is 185 Å². The van der Waals surface area contributed by atoms with Gasteiger partial charge in [0.05, 0.1) is 6.54 Å². The van der Waals surface area contributed by atoms with Crippen LogP contribution in [0.15, 0.2) is 57.9 Å². The third-order valence-electron chi connectivity index (χ3n) is 5.27. The second-order valence-electron chi connectivity index (χ2n) is 7.56. The van der Waals surface area contributed by atoms with E-state index in [0.717, 1.165) is 18.7 Å². The molecule has 2 heterocycles. The fraction of sp³-hybridized carbons (Fsp3) is 0.348. The first-order valence-electron chi connectivity index (χ1n) is 10.4. The number of thioether (sulfide) groups is 1. The number of rotatable bonds is 7. The van der Waals surface area contributed by atoms with Crippen LogP contribution in [0.25, 0.3) is 11.4 Å². The van der Waals surface area contributed by atoms with Crippen molar-refractivity contribution in [2.24, 2.45) is 0 Å². The van der Waals surface area contributed by atoms with Gasteiger partial charge in [0.2, 0.25) is 17.6 Å². The van der Waals surface area contributed by atoms with Gasteiger partial charge in [0.1, 0.15) is 5.82 Å². The van der Waals surface area contributed by atoms with Gasteiger partial charge in [0, 0.05) is 48.8 Å². The first kappa shape index (κ1) is 21.5. The largest absolute Gasteiger partial charge is 0.340 e. The van der Waals surface area contributed by atoms with Crippen molar-refractivity contribution in [3.63, 3.8) is 0 Å². The highest BCUT2D eigenvalue weighted by Crippen LogP contribution is 2.22. The molecule has 2 aromatic carbocycles. The molecule has 0 saturated carbocycles. The molecule has 1 aliphatic heterocycles. The Morgan fingerprint density at radius 2 is 1.84 bits per heavy atom. The number of piperazine rings is 1. The maximum Gasteiger partial charge on any atom is 0.241 e. The highest BCUT2D eigenvalue weighted by Gasteiger charge is 2.22. The van der Waals surface area contributed by atoms with Crippen LogP contribution < -0.4 is 0 Å². The van der Waals surface area contributed by atoms with Crippen LogP contribution in [-0.2, 0) is 11.3 Å². The summed E-state index contributed by atoms with van der Waals surface area (Å²) in [6.45, 7) is 5.47. The Morgan fingerprint density at radius 1 is 1.10 bits per heavy atom. The van der Waals surface area contributed by atoms with Crippen molar-refractivity contribution in [2.45, 2.75) is 24.8 Å². The van der Waals surface area contributed by atoms with Crippen LogP contribution in [0.1, 0.15) is 17.9 Å². The van der Waals surface area contributed by atoms with Gasteiger partial charge in [-0.2, -0.15) is 4.98 Å². The minimum Gasteiger partial charge on any atom is -0.340 e. The van der Waals surface area contributed by atoms with Crippen molar-refractivity contribution in [2.75, 3.05) is 31.9 Å². The molecule has 0 atom stereocenters. The molecular formula is C23H25FN4O2S. The molecule has 1 saturated heterocycles. The van der Waals surface area contributed by atoms with Crippen molar-refractivity contribution in [1.29, 1.82) is 0 Å². The number of halogens is 1. The van der Waals surface area contributed by atoms with Crippen LogP contribution in [-0.4, -0.2) is 57.8 Å². The summed E-state index contributed by atoms with van der Waals surface area (Å²) in [7, 11) is 0. The molecule has 3 aromatic rings. The van der Waals surface area contributed by atoms with E-state index in [4.69, 9.17) is 4.52 Å². The molecule has 0 spiro atoms. The monoisotopic (exact) mass is 440 g/mol. The maximum absolute atomic E-state index is 13.7. The summed E-state index contributed by atoms with van der Waals surface area (Å²) < 4.78 is 19.1. The number of aryl methyl sites for hydroxylation is 1. The summed E-state index contributed by atoms with van der Waals surface area (Å²) in [6.07, 6.45) is 0.405. The molecule has 0 bridgehead atoms. The molecule has 6 nitrogen and oxygen atoms in total. The molecule has 0 aliphatic carbocycles. The summed E-state index contributed by atoms with van der Waals surface area (Å²) in [5.74, 6) is 1.62. The van der Waals surface area contributed by atoms with E-state index in [2.05, 4.69) is 15.0 Å². The third-order valence-corrected chi connectivity index (χ3v) is 6.32. The predicted octanol–water partition coefficient (Wildman–Crippen LogP) is 4.01. The van der Waals surface area contributed by atoms with Crippen molar-refractivity contribution in [3.05, 3.63) is 65.8 Å². The second kappa shape index (κ2) is 10.1. The second-order valence-corrected chi connectivity index (χ2v) is 8.70. The summed E-state index contributed by atoms with van der Waals surface area (Å²) >= 11 is 1.38. The van der Waals surface area contributed by atoms with Gasteiger partial charge in [-0.25, -0.2) is 4.39 Å². The Morgan fingerprint density at radius 3 is 2.58 bits per heavy atom. The molecule has 8 heteroatoms. The summed E-state index contributed by atoms with van der Waals surface area (Å²) in [5, 5.41) is 4.08. The molecule has 162 valence electrons. The van der Waals surface area contributed by atoms with Crippen molar-refractivity contribution in [1.82, 2.24) is 19.9 Å². The molecule has 1 amide bonds. The van der Waals surface area contributed by atoms with Crippen LogP contribution in [0.2, 0.25) is 0 Å². The Hall–Kier alpha value is -2.71. The van der Waals surface area contributed by atoms with E-state index in [9.17, 15) is 9.18 Å². The number of aromatic nitrogens is 2. The Kier molecular flexibility index (Phi) is 6.99. The van der Waals surface area contributed by atoms with E-state index in [-0.39, 0.29) is 11.7 Å². The zero-order valence-electron chi connectivity index (χ0n) is 17.5. The zero-order chi connectivity index (χ0) is 21.6. The van der Waals surface area contributed by atoms with Gasteiger partial charge in [-0.3, -0.25) is 9.69 Å². The fourth-order valence-corrected chi connectivity index (χ4v) is 4.33. The lowest BCUT2D eigenvalue weighted by molar-refractivity contribution is -0.132. The van der Waals surface area contributed by atoms with Gasteiger partial charge < -0.3 is 9.42 Å². The zero-order valence-corrected chi connectivity index (χ0v) is 18.3. The quantitative estimate of drug-likeness (QED) is 0.518. The number of hydrogen-bond donors (Lipinski definition) is 0. The van der Waals surface area contributed by atoms with E-state index in [1.165, 1.54) is 23.4 Å². The lowest BCUT2D eigenvalue weighted by Gasteiger charge is -2.34. The van der Waals surface area contributed by atoms with E-state index in [1.54, 1.807) is 18.2 Å². The number of carbonyl (C=O) groups is 1. The van der Waals surface area contributed by atoms with Crippen molar-refractivity contribution in [3.8, 4) is 11.4 Å². The van der Waals surface area contributed by atoms with Crippen LogP contribution in [0.5, 0.6) is 0 Å². The average Bonchev–Trinajstić information content (AvgIpc) is 3.24. The molecule has 0 N–H and O–H groups in total. The van der Waals surface area contributed by atoms with E-state index < -0.39 is 0 Å². The smallest absolute Gasteiger partial charge is 0.241 e. The van der Waals surface area contributed by atoms with Gasteiger partial charge in [0.15, 0.2) is 0 Å². The summed E-state index contributed by atoms with van der Waals surface area (Å²) in [5.41, 5.74) is 2.12. The van der Waals surface area contributed by atoms with Gasteiger partial charge in [0.25, 0.3) is 0 Å². The normalized spacial score (nSPS) is 14.7.